The standard InChI is InChI=1S/C23H42O3/c1-3-5-6-7-8-9-10-11-12-13-14-15-16-17-18-19-23(24)26-22-21-25-20-4-2/h2H,3,5-22H2,1H3. The van der Waals surface area contributed by atoms with Gasteiger partial charge in [0.25, 0.3) is 0 Å². The van der Waals surface area contributed by atoms with Gasteiger partial charge in [0.2, 0.25) is 0 Å². The van der Waals surface area contributed by atoms with Crippen LogP contribution in [-0.4, -0.2) is 25.8 Å². The highest BCUT2D eigenvalue weighted by Gasteiger charge is 2.02. The quantitative estimate of drug-likeness (QED) is 0.141. The van der Waals surface area contributed by atoms with Crippen LogP contribution in [0.25, 0.3) is 0 Å². The summed E-state index contributed by atoms with van der Waals surface area (Å²) in [6, 6.07) is 0. The smallest absolute Gasteiger partial charge is 0.305 e. The van der Waals surface area contributed by atoms with Crippen molar-refractivity contribution in [2.24, 2.45) is 0 Å². The minimum atomic E-state index is -0.121. The molecule has 0 rings (SSSR count). The van der Waals surface area contributed by atoms with E-state index in [2.05, 4.69) is 12.8 Å². The van der Waals surface area contributed by atoms with Crippen LogP contribution in [0.4, 0.5) is 0 Å². The van der Waals surface area contributed by atoms with Crippen LogP contribution in [0, 0.1) is 12.3 Å². The monoisotopic (exact) mass is 366 g/mol. The van der Waals surface area contributed by atoms with Crippen molar-refractivity contribution in [3.05, 3.63) is 0 Å². The van der Waals surface area contributed by atoms with Gasteiger partial charge < -0.3 is 9.47 Å². The molecule has 0 heterocycles. The van der Waals surface area contributed by atoms with Crippen LogP contribution in [0.3, 0.4) is 0 Å². The van der Waals surface area contributed by atoms with Crippen LogP contribution < -0.4 is 0 Å². The molecule has 152 valence electrons. The molecular weight excluding hydrogens is 324 g/mol. The van der Waals surface area contributed by atoms with Crippen molar-refractivity contribution in [1.29, 1.82) is 0 Å². The highest BCUT2D eigenvalue weighted by atomic mass is 16.6. The fourth-order valence-electron chi connectivity index (χ4n) is 3.06. The third kappa shape index (κ3) is 21.0. The van der Waals surface area contributed by atoms with Gasteiger partial charge in [-0.25, -0.2) is 0 Å². The van der Waals surface area contributed by atoms with E-state index in [0.29, 0.717) is 19.6 Å². The molecule has 0 radical (unpaired) electrons. The van der Waals surface area contributed by atoms with E-state index in [1.165, 1.54) is 83.5 Å². The Kier molecular flexibility index (Phi) is 21.2. The average Bonchev–Trinajstić information content (AvgIpc) is 2.64. The first-order chi connectivity index (χ1) is 12.8. The molecule has 0 aromatic heterocycles. The predicted molar refractivity (Wildman–Crippen MR) is 110 cm³/mol. The summed E-state index contributed by atoms with van der Waals surface area (Å²) in [6.07, 6.45) is 25.6. The Balaban J connectivity index is 3.10. The second-order valence-corrected chi connectivity index (χ2v) is 7.18. The number of ether oxygens (including phenoxy) is 2. The van der Waals surface area contributed by atoms with Crippen LogP contribution in [0.2, 0.25) is 0 Å². The van der Waals surface area contributed by atoms with Gasteiger partial charge >= 0.3 is 5.97 Å². The summed E-state index contributed by atoms with van der Waals surface area (Å²) in [6.45, 7) is 3.24. The molecule has 0 amide bonds. The van der Waals surface area contributed by atoms with Crippen LogP contribution in [-0.2, 0) is 14.3 Å². The second-order valence-electron chi connectivity index (χ2n) is 7.18. The van der Waals surface area contributed by atoms with Crippen LogP contribution >= 0.6 is 0 Å². The van der Waals surface area contributed by atoms with Crippen molar-refractivity contribution in [3.63, 3.8) is 0 Å². The summed E-state index contributed by atoms with van der Waals surface area (Å²) >= 11 is 0. The Labute approximate surface area is 162 Å². The highest BCUT2D eigenvalue weighted by molar-refractivity contribution is 5.69. The summed E-state index contributed by atoms with van der Waals surface area (Å²) < 4.78 is 10.1. The molecule has 26 heavy (non-hydrogen) atoms. The molecule has 3 nitrogen and oxygen atoms in total. The van der Waals surface area contributed by atoms with Crippen molar-refractivity contribution >= 4 is 5.97 Å². The second kappa shape index (κ2) is 22.0. The largest absolute Gasteiger partial charge is 0.463 e. The molecule has 0 aromatic carbocycles. The summed E-state index contributed by atoms with van der Waals surface area (Å²) in [5, 5.41) is 0. The number of carbonyl (C=O) groups is 1. The zero-order valence-corrected chi connectivity index (χ0v) is 17.2. The first kappa shape index (κ1) is 25.0. The lowest BCUT2D eigenvalue weighted by atomic mass is 10.0. The minimum absolute atomic E-state index is 0.121. The zero-order valence-electron chi connectivity index (χ0n) is 17.2. The van der Waals surface area contributed by atoms with E-state index in [-0.39, 0.29) is 12.6 Å². The number of hydrogen-bond donors (Lipinski definition) is 0. The number of esters is 1. The lowest BCUT2D eigenvalue weighted by molar-refractivity contribution is -0.145. The zero-order chi connectivity index (χ0) is 19.1. The van der Waals surface area contributed by atoms with Crippen molar-refractivity contribution in [2.45, 2.75) is 110 Å². The lowest BCUT2D eigenvalue weighted by Gasteiger charge is -2.05. The van der Waals surface area contributed by atoms with E-state index < -0.39 is 0 Å². The Hall–Kier alpha value is -1.01. The SMILES string of the molecule is C#CCOCCOC(=O)CCCCCCCCCCCCCCCCC. The fourth-order valence-corrected chi connectivity index (χ4v) is 3.06. The summed E-state index contributed by atoms with van der Waals surface area (Å²) in [5.41, 5.74) is 0. The molecular formula is C23H42O3. The maximum atomic E-state index is 11.5. The topological polar surface area (TPSA) is 35.5 Å². The van der Waals surface area contributed by atoms with Crippen LogP contribution in [0.15, 0.2) is 0 Å². The van der Waals surface area contributed by atoms with Gasteiger partial charge in [0.05, 0.1) is 6.61 Å². The summed E-state index contributed by atoms with van der Waals surface area (Å²) in [5.74, 6) is 2.26. The van der Waals surface area contributed by atoms with Crippen LogP contribution in [0.1, 0.15) is 110 Å². The van der Waals surface area contributed by atoms with Gasteiger partial charge in [0.15, 0.2) is 0 Å². The molecule has 0 aromatic rings. The maximum absolute atomic E-state index is 11.5. The summed E-state index contributed by atoms with van der Waals surface area (Å²) in [7, 11) is 0. The highest BCUT2D eigenvalue weighted by Crippen LogP contribution is 2.13. The summed E-state index contributed by atoms with van der Waals surface area (Å²) in [4.78, 5) is 11.5. The number of carbonyl (C=O) groups excluding carboxylic acids is 1. The van der Waals surface area contributed by atoms with Crippen molar-refractivity contribution < 1.29 is 14.3 Å². The maximum Gasteiger partial charge on any atom is 0.305 e. The first-order valence-electron chi connectivity index (χ1n) is 11.0. The predicted octanol–water partition coefficient (Wildman–Crippen LogP) is 6.44. The van der Waals surface area contributed by atoms with E-state index >= 15 is 0 Å². The minimum Gasteiger partial charge on any atom is -0.463 e. The first-order valence-corrected chi connectivity index (χ1v) is 11.0. The Morgan fingerprint density at radius 1 is 0.731 bits per heavy atom. The number of terminal acetylenes is 1. The van der Waals surface area contributed by atoms with E-state index in [9.17, 15) is 4.79 Å². The third-order valence-electron chi connectivity index (χ3n) is 4.66. The Morgan fingerprint density at radius 2 is 1.19 bits per heavy atom. The third-order valence-corrected chi connectivity index (χ3v) is 4.66. The van der Waals surface area contributed by atoms with Crippen molar-refractivity contribution in [2.75, 3.05) is 19.8 Å². The molecule has 0 spiro atoms. The van der Waals surface area contributed by atoms with Gasteiger partial charge in [-0.15, -0.1) is 6.42 Å². The molecule has 0 saturated carbocycles. The lowest BCUT2D eigenvalue weighted by Crippen LogP contribution is -2.10. The molecule has 0 aliphatic rings. The van der Waals surface area contributed by atoms with Gasteiger partial charge in [-0.1, -0.05) is 103 Å². The molecule has 0 N–H and O–H groups in total. The number of unbranched alkanes of at least 4 members (excludes halogenated alkanes) is 14. The van der Waals surface area contributed by atoms with E-state index in [1.807, 2.05) is 0 Å². The van der Waals surface area contributed by atoms with Crippen molar-refractivity contribution in [3.8, 4) is 12.3 Å². The number of rotatable bonds is 20. The Morgan fingerprint density at radius 3 is 1.65 bits per heavy atom. The molecule has 0 aliphatic carbocycles. The normalized spacial score (nSPS) is 10.6. The van der Waals surface area contributed by atoms with Gasteiger partial charge in [0, 0.05) is 6.42 Å². The van der Waals surface area contributed by atoms with E-state index in [1.54, 1.807) is 0 Å². The molecule has 0 unspecified atom stereocenters. The molecule has 3 heteroatoms. The van der Waals surface area contributed by atoms with E-state index in [4.69, 9.17) is 15.9 Å². The van der Waals surface area contributed by atoms with Gasteiger partial charge in [-0.3, -0.25) is 4.79 Å². The van der Waals surface area contributed by atoms with Gasteiger partial charge in [-0.2, -0.15) is 0 Å². The molecule has 0 bridgehead atoms. The van der Waals surface area contributed by atoms with Gasteiger partial charge in [-0.05, 0) is 6.42 Å². The van der Waals surface area contributed by atoms with Gasteiger partial charge in [0.1, 0.15) is 13.2 Å². The van der Waals surface area contributed by atoms with Crippen molar-refractivity contribution in [1.82, 2.24) is 0 Å². The average molecular weight is 367 g/mol. The fraction of sp³-hybridized carbons (Fsp3) is 0.870. The van der Waals surface area contributed by atoms with Crippen LogP contribution in [0.5, 0.6) is 0 Å². The molecule has 0 fully saturated rings. The molecule has 0 saturated heterocycles. The molecule has 0 atom stereocenters. The molecule has 0 aliphatic heterocycles. The van der Waals surface area contributed by atoms with E-state index in [0.717, 1.165) is 12.8 Å². The Bertz CT molecular complexity index is 333. The number of hydrogen-bond acceptors (Lipinski definition) is 3.